The van der Waals surface area contributed by atoms with Crippen molar-refractivity contribution in [3.63, 3.8) is 0 Å². The van der Waals surface area contributed by atoms with Crippen molar-refractivity contribution in [1.29, 1.82) is 0 Å². The van der Waals surface area contributed by atoms with Crippen LogP contribution in [0.15, 0.2) is 40.9 Å². The Morgan fingerprint density at radius 1 is 1.20 bits per heavy atom. The largest absolute Gasteiger partial charge is 0.457 e. The molecule has 0 aliphatic heterocycles. The van der Waals surface area contributed by atoms with Gasteiger partial charge in [0.05, 0.1) is 0 Å². The average molecular weight is 355 g/mol. The van der Waals surface area contributed by atoms with Crippen molar-refractivity contribution < 1.29 is 4.74 Å². The zero-order valence-electron chi connectivity index (χ0n) is 11.5. The highest BCUT2D eigenvalue weighted by Crippen LogP contribution is 2.32. The Hall–Kier alpha value is -1.03. The molecule has 0 amide bonds. The van der Waals surface area contributed by atoms with Crippen molar-refractivity contribution in [2.75, 3.05) is 0 Å². The van der Waals surface area contributed by atoms with E-state index in [2.05, 4.69) is 15.9 Å². The summed E-state index contributed by atoms with van der Waals surface area (Å²) in [4.78, 5) is 0. The summed E-state index contributed by atoms with van der Waals surface area (Å²) in [5.74, 6) is 1.57. The molecular weight excluding hydrogens is 338 g/mol. The van der Waals surface area contributed by atoms with Gasteiger partial charge in [0.2, 0.25) is 0 Å². The first-order valence-corrected chi connectivity index (χ1v) is 7.61. The molecule has 0 radical (unpaired) electrons. The predicted molar refractivity (Wildman–Crippen MR) is 87.8 cm³/mol. The maximum Gasteiger partial charge on any atom is 0.131 e. The molecule has 1 unspecified atom stereocenters. The lowest BCUT2D eigenvalue weighted by atomic mass is 10.1. The number of nitrogens with two attached hydrogens (primary N) is 1. The van der Waals surface area contributed by atoms with Crippen molar-refractivity contribution >= 4 is 27.5 Å². The highest BCUT2D eigenvalue weighted by Gasteiger charge is 2.10. The lowest BCUT2D eigenvalue weighted by molar-refractivity contribution is 0.470. The van der Waals surface area contributed by atoms with E-state index in [-0.39, 0.29) is 6.04 Å². The van der Waals surface area contributed by atoms with Crippen LogP contribution in [0.25, 0.3) is 0 Å². The topological polar surface area (TPSA) is 35.2 Å². The molecule has 0 aromatic heterocycles. The minimum absolute atomic E-state index is 0.0824. The van der Waals surface area contributed by atoms with Crippen LogP contribution in [0.5, 0.6) is 11.5 Å². The molecule has 0 spiro atoms. The summed E-state index contributed by atoms with van der Waals surface area (Å²) in [7, 11) is 0. The molecule has 20 heavy (non-hydrogen) atoms. The van der Waals surface area contributed by atoms with E-state index in [1.807, 2.05) is 50.2 Å². The van der Waals surface area contributed by atoms with Crippen LogP contribution >= 0.6 is 27.5 Å². The van der Waals surface area contributed by atoms with Gasteiger partial charge in [0.25, 0.3) is 0 Å². The number of hydrogen-bond donors (Lipinski definition) is 1. The van der Waals surface area contributed by atoms with Gasteiger partial charge in [-0.15, -0.1) is 0 Å². The van der Waals surface area contributed by atoms with Gasteiger partial charge < -0.3 is 10.5 Å². The van der Waals surface area contributed by atoms with E-state index < -0.39 is 0 Å². The Kier molecular flexibility index (Phi) is 5.08. The highest BCUT2D eigenvalue weighted by atomic mass is 79.9. The van der Waals surface area contributed by atoms with Crippen molar-refractivity contribution in [2.45, 2.75) is 26.3 Å². The van der Waals surface area contributed by atoms with Gasteiger partial charge in [-0.05, 0) is 55.7 Å². The molecule has 2 nitrogen and oxygen atoms in total. The quantitative estimate of drug-likeness (QED) is 0.829. The molecule has 2 rings (SSSR count). The summed E-state index contributed by atoms with van der Waals surface area (Å²) < 4.78 is 7.01. The smallest absolute Gasteiger partial charge is 0.131 e. The molecule has 0 bridgehead atoms. The van der Waals surface area contributed by atoms with Gasteiger partial charge in [-0.3, -0.25) is 0 Å². The van der Waals surface area contributed by atoms with Crippen LogP contribution in [-0.4, -0.2) is 6.04 Å². The minimum atomic E-state index is 0.0824. The van der Waals surface area contributed by atoms with Crippen LogP contribution in [-0.2, 0) is 6.42 Å². The second-order valence-electron chi connectivity index (χ2n) is 4.95. The van der Waals surface area contributed by atoms with Crippen molar-refractivity contribution in [1.82, 2.24) is 0 Å². The lowest BCUT2D eigenvalue weighted by Crippen LogP contribution is -2.18. The highest BCUT2D eigenvalue weighted by molar-refractivity contribution is 9.10. The number of aryl methyl sites for hydroxylation is 1. The van der Waals surface area contributed by atoms with Crippen LogP contribution in [0.3, 0.4) is 0 Å². The Morgan fingerprint density at radius 2 is 1.95 bits per heavy atom. The molecule has 0 saturated carbocycles. The Labute approximate surface area is 133 Å². The van der Waals surface area contributed by atoms with E-state index in [0.29, 0.717) is 5.02 Å². The summed E-state index contributed by atoms with van der Waals surface area (Å²) in [5.41, 5.74) is 8.02. The third-order valence-electron chi connectivity index (χ3n) is 2.94. The van der Waals surface area contributed by atoms with Gasteiger partial charge in [0, 0.05) is 15.5 Å². The minimum Gasteiger partial charge on any atom is -0.457 e. The molecule has 2 aromatic rings. The fraction of sp³-hybridized carbons (Fsp3) is 0.250. The van der Waals surface area contributed by atoms with Crippen LogP contribution in [0.4, 0.5) is 0 Å². The van der Waals surface area contributed by atoms with Crippen LogP contribution < -0.4 is 10.5 Å². The molecule has 2 N–H and O–H groups in total. The maximum atomic E-state index is 6.03. The Balaban J connectivity index is 2.36. The van der Waals surface area contributed by atoms with E-state index in [0.717, 1.165) is 33.5 Å². The molecule has 0 heterocycles. The van der Waals surface area contributed by atoms with Gasteiger partial charge in [0.1, 0.15) is 11.5 Å². The second-order valence-corrected chi connectivity index (χ2v) is 6.30. The number of ether oxygens (including phenoxy) is 1. The molecular formula is C16H17BrClNO. The monoisotopic (exact) mass is 353 g/mol. The van der Waals surface area contributed by atoms with Gasteiger partial charge >= 0.3 is 0 Å². The summed E-state index contributed by atoms with van der Waals surface area (Å²) in [6.07, 6.45) is 0.766. The first-order valence-electron chi connectivity index (χ1n) is 6.43. The normalized spacial score (nSPS) is 12.2. The summed E-state index contributed by atoms with van der Waals surface area (Å²) >= 11 is 9.50. The Morgan fingerprint density at radius 3 is 2.65 bits per heavy atom. The van der Waals surface area contributed by atoms with E-state index in [1.54, 1.807) is 0 Å². The molecule has 0 fully saturated rings. The average Bonchev–Trinajstić information content (AvgIpc) is 2.37. The third kappa shape index (κ3) is 3.98. The molecule has 0 saturated heterocycles. The maximum absolute atomic E-state index is 6.03. The SMILES string of the molecule is Cc1ccc(Cl)cc1Oc1cc(Br)ccc1CC(C)N. The fourth-order valence-corrected chi connectivity index (χ4v) is 2.44. The third-order valence-corrected chi connectivity index (χ3v) is 3.67. The van der Waals surface area contributed by atoms with Crippen LogP contribution in [0.1, 0.15) is 18.1 Å². The van der Waals surface area contributed by atoms with E-state index in [4.69, 9.17) is 22.1 Å². The number of halogens is 2. The van der Waals surface area contributed by atoms with Gasteiger partial charge in [0.15, 0.2) is 0 Å². The van der Waals surface area contributed by atoms with E-state index in [9.17, 15) is 0 Å². The van der Waals surface area contributed by atoms with Gasteiger partial charge in [-0.1, -0.05) is 39.7 Å². The van der Waals surface area contributed by atoms with E-state index >= 15 is 0 Å². The number of rotatable bonds is 4. The fourth-order valence-electron chi connectivity index (χ4n) is 1.94. The summed E-state index contributed by atoms with van der Waals surface area (Å²) in [6.45, 7) is 3.98. The van der Waals surface area contributed by atoms with Gasteiger partial charge in [-0.2, -0.15) is 0 Å². The van der Waals surface area contributed by atoms with Crippen molar-refractivity contribution in [3.8, 4) is 11.5 Å². The molecule has 2 aromatic carbocycles. The standard InChI is InChI=1S/C16H17BrClNO/c1-10-3-6-14(18)9-15(10)20-16-8-13(17)5-4-12(16)7-11(2)19/h3-6,8-9,11H,7,19H2,1-2H3. The number of hydrogen-bond acceptors (Lipinski definition) is 2. The predicted octanol–water partition coefficient (Wildman–Crippen LogP) is 5.09. The Bertz CT molecular complexity index is 613. The van der Waals surface area contributed by atoms with Gasteiger partial charge in [-0.25, -0.2) is 0 Å². The zero-order valence-corrected chi connectivity index (χ0v) is 13.8. The van der Waals surface area contributed by atoms with Crippen molar-refractivity contribution in [3.05, 3.63) is 57.0 Å². The molecule has 106 valence electrons. The lowest BCUT2D eigenvalue weighted by Gasteiger charge is -2.15. The molecule has 1 atom stereocenters. The first kappa shape index (κ1) is 15.4. The van der Waals surface area contributed by atoms with Crippen LogP contribution in [0, 0.1) is 6.92 Å². The molecule has 0 aliphatic rings. The summed E-state index contributed by atoms with van der Waals surface area (Å²) in [6, 6.07) is 11.7. The summed E-state index contributed by atoms with van der Waals surface area (Å²) in [5, 5.41) is 0.661. The van der Waals surface area contributed by atoms with E-state index in [1.165, 1.54) is 0 Å². The van der Waals surface area contributed by atoms with Crippen LogP contribution in [0.2, 0.25) is 5.02 Å². The molecule has 4 heteroatoms. The zero-order chi connectivity index (χ0) is 14.7. The van der Waals surface area contributed by atoms with Crippen molar-refractivity contribution in [2.24, 2.45) is 5.73 Å². The second kappa shape index (κ2) is 6.61. The number of benzene rings is 2. The molecule has 0 aliphatic carbocycles. The first-order chi connectivity index (χ1) is 9.45.